The molecule has 2 aromatic rings. The second-order valence-corrected chi connectivity index (χ2v) is 4.95. The molecule has 1 N–H and O–H groups in total. The van der Waals surface area contributed by atoms with Gasteiger partial charge in [0.1, 0.15) is 17.0 Å². The normalized spacial score (nSPS) is 10.2. The first-order valence-corrected chi connectivity index (χ1v) is 6.52. The van der Waals surface area contributed by atoms with Crippen LogP contribution < -0.4 is 5.32 Å². The minimum atomic E-state index is -0.529. The van der Waals surface area contributed by atoms with Crippen molar-refractivity contribution in [3.8, 4) is 6.07 Å². The first-order chi connectivity index (χ1) is 9.51. The van der Waals surface area contributed by atoms with Crippen LogP contribution in [0.25, 0.3) is 0 Å². The lowest BCUT2D eigenvalue weighted by atomic mass is 10.1. The van der Waals surface area contributed by atoms with E-state index in [2.05, 4.69) is 10.3 Å². The monoisotopic (exact) mass is 309 g/mol. The van der Waals surface area contributed by atoms with Crippen LogP contribution in [0.1, 0.15) is 16.7 Å². The second kappa shape index (κ2) is 6.08. The number of nitrogens with zero attached hydrogens (tertiary/aromatic N) is 2. The summed E-state index contributed by atoms with van der Waals surface area (Å²) in [7, 11) is 0. The van der Waals surface area contributed by atoms with E-state index in [0.717, 1.165) is 11.1 Å². The largest absolute Gasteiger partial charge is 0.378 e. The fraction of sp³-hybridized carbons (Fsp3) is 0.143. The quantitative estimate of drug-likeness (QED) is 0.859. The molecule has 0 aliphatic rings. The van der Waals surface area contributed by atoms with E-state index in [1.54, 1.807) is 18.2 Å². The van der Waals surface area contributed by atoms with Crippen molar-refractivity contribution in [2.24, 2.45) is 0 Å². The van der Waals surface area contributed by atoms with Crippen molar-refractivity contribution in [2.45, 2.75) is 13.5 Å². The summed E-state index contributed by atoms with van der Waals surface area (Å²) in [5.74, 6) is -0.529. The number of hydrogen-bond acceptors (Lipinski definition) is 3. The predicted octanol–water partition coefficient (Wildman–Crippen LogP) is 4.32. The SMILES string of the molecule is Cc1cc(Cl)nc(Cl)c1NCc1ccc(F)c(C#N)c1. The molecule has 102 valence electrons. The highest BCUT2D eigenvalue weighted by Gasteiger charge is 2.08. The molecular weight excluding hydrogens is 300 g/mol. The van der Waals surface area contributed by atoms with E-state index >= 15 is 0 Å². The van der Waals surface area contributed by atoms with Gasteiger partial charge in [-0.05, 0) is 36.2 Å². The van der Waals surface area contributed by atoms with Crippen LogP contribution in [0.15, 0.2) is 24.3 Å². The van der Waals surface area contributed by atoms with Gasteiger partial charge in [-0.3, -0.25) is 0 Å². The third kappa shape index (κ3) is 3.19. The minimum absolute atomic E-state index is 0.0151. The Morgan fingerprint density at radius 3 is 2.75 bits per heavy atom. The highest BCUT2D eigenvalue weighted by Crippen LogP contribution is 2.27. The molecule has 1 aromatic heterocycles. The van der Waals surface area contributed by atoms with Crippen LogP contribution in [0.2, 0.25) is 10.3 Å². The molecule has 1 aromatic carbocycles. The van der Waals surface area contributed by atoms with E-state index in [0.29, 0.717) is 17.4 Å². The van der Waals surface area contributed by atoms with E-state index in [-0.39, 0.29) is 10.7 Å². The van der Waals surface area contributed by atoms with E-state index in [4.69, 9.17) is 28.5 Å². The first kappa shape index (κ1) is 14.6. The van der Waals surface area contributed by atoms with Gasteiger partial charge in [0.05, 0.1) is 11.3 Å². The number of anilines is 1. The number of hydrogen-bond donors (Lipinski definition) is 1. The molecule has 0 aliphatic heterocycles. The van der Waals surface area contributed by atoms with Gasteiger partial charge in [0.15, 0.2) is 5.15 Å². The standard InChI is InChI=1S/C14H10Cl2FN3/c1-8-4-12(15)20-14(16)13(8)19-7-9-2-3-11(17)10(5-9)6-18/h2-5,19H,7H2,1H3. The van der Waals surface area contributed by atoms with Crippen molar-refractivity contribution >= 4 is 28.9 Å². The smallest absolute Gasteiger partial charge is 0.154 e. The van der Waals surface area contributed by atoms with Gasteiger partial charge in [-0.25, -0.2) is 9.37 Å². The fourth-order valence-corrected chi connectivity index (χ4v) is 2.36. The van der Waals surface area contributed by atoms with E-state index in [1.807, 2.05) is 6.92 Å². The van der Waals surface area contributed by atoms with E-state index in [9.17, 15) is 4.39 Å². The van der Waals surface area contributed by atoms with Gasteiger partial charge < -0.3 is 5.32 Å². The maximum atomic E-state index is 13.2. The Morgan fingerprint density at radius 1 is 1.35 bits per heavy atom. The van der Waals surface area contributed by atoms with Crippen LogP contribution in [-0.4, -0.2) is 4.98 Å². The van der Waals surface area contributed by atoms with Crippen molar-refractivity contribution in [3.63, 3.8) is 0 Å². The average Bonchev–Trinajstić information content (AvgIpc) is 2.39. The second-order valence-electron chi connectivity index (χ2n) is 4.21. The molecule has 0 saturated heterocycles. The summed E-state index contributed by atoms with van der Waals surface area (Å²) in [6.07, 6.45) is 0. The Hall–Kier alpha value is -1.83. The van der Waals surface area contributed by atoms with Gasteiger partial charge in [0, 0.05) is 6.54 Å². The number of nitriles is 1. The molecule has 3 nitrogen and oxygen atoms in total. The number of rotatable bonds is 3. The molecule has 0 unspecified atom stereocenters. The van der Waals surface area contributed by atoms with Crippen LogP contribution in [0, 0.1) is 24.1 Å². The molecule has 0 spiro atoms. The number of aryl methyl sites for hydroxylation is 1. The Morgan fingerprint density at radius 2 is 2.10 bits per heavy atom. The number of benzene rings is 1. The highest BCUT2D eigenvalue weighted by atomic mass is 35.5. The summed E-state index contributed by atoms with van der Waals surface area (Å²) in [6, 6.07) is 7.87. The van der Waals surface area contributed by atoms with Crippen LogP contribution in [0.3, 0.4) is 0 Å². The van der Waals surface area contributed by atoms with Crippen LogP contribution in [0.4, 0.5) is 10.1 Å². The average molecular weight is 310 g/mol. The van der Waals surface area contributed by atoms with Crippen molar-refractivity contribution in [1.82, 2.24) is 4.98 Å². The van der Waals surface area contributed by atoms with Gasteiger partial charge in [-0.1, -0.05) is 29.3 Å². The molecule has 20 heavy (non-hydrogen) atoms. The van der Waals surface area contributed by atoms with Crippen molar-refractivity contribution < 1.29 is 4.39 Å². The van der Waals surface area contributed by atoms with Crippen LogP contribution in [-0.2, 0) is 6.54 Å². The summed E-state index contributed by atoms with van der Waals surface area (Å²) in [5.41, 5.74) is 2.31. The van der Waals surface area contributed by atoms with E-state index in [1.165, 1.54) is 12.1 Å². The van der Waals surface area contributed by atoms with Crippen molar-refractivity contribution in [2.75, 3.05) is 5.32 Å². The zero-order valence-corrected chi connectivity index (χ0v) is 12.1. The Kier molecular flexibility index (Phi) is 4.43. The predicted molar refractivity (Wildman–Crippen MR) is 77.4 cm³/mol. The minimum Gasteiger partial charge on any atom is -0.378 e. The lowest BCUT2D eigenvalue weighted by Gasteiger charge is -2.11. The van der Waals surface area contributed by atoms with Gasteiger partial charge in [0.25, 0.3) is 0 Å². The lowest BCUT2D eigenvalue weighted by molar-refractivity contribution is 0.623. The molecule has 0 bridgehead atoms. The molecule has 0 saturated carbocycles. The number of nitrogens with one attached hydrogen (secondary N) is 1. The van der Waals surface area contributed by atoms with Crippen LogP contribution in [0.5, 0.6) is 0 Å². The summed E-state index contributed by atoms with van der Waals surface area (Å²) in [6.45, 7) is 2.26. The molecule has 2 rings (SSSR count). The third-order valence-corrected chi connectivity index (χ3v) is 3.23. The summed E-state index contributed by atoms with van der Waals surface area (Å²) in [4.78, 5) is 3.95. The summed E-state index contributed by atoms with van der Waals surface area (Å²) < 4.78 is 13.2. The van der Waals surface area contributed by atoms with Gasteiger partial charge in [-0.2, -0.15) is 5.26 Å². The lowest BCUT2D eigenvalue weighted by Crippen LogP contribution is -2.03. The number of halogens is 3. The Balaban J connectivity index is 2.20. The molecule has 0 fully saturated rings. The molecule has 1 heterocycles. The molecule has 0 radical (unpaired) electrons. The Labute approximate surface area is 126 Å². The van der Waals surface area contributed by atoms with Gasteiger partial charge in [0.2, 0.25) is 0 Å². The number of pyridine rings is 1. The van der Waals surface area contributed by atoms with E-state index < -0.39 is 5.82 Å². The zero-order valence-electron chi connectivity index (χ0n) is 10.5. The fourth-order valence-electron chi connectivity index (χ4n) is 1.77. The zero-order chi connectivity index (χ0) is 14.7. The molecular formula is C14H10Cl2FN3. The summed E-state index contributed by atoms with van der Waals surface area (Å²) in [5, 5.41) is 12.5. The maximum absolute atomic E-state index is 13.2. The van der Waals surface area contributed by atoms with Crippen molar-refractivity contribution in [1.29, 1.82) is 5.26 Å². The molecule has 0 aliphatic carbocycles. The summed E-state index contributed by atoms with van der Waals surface area (Å²) >= 11 is 11.8. The first-order valence-electron chi connectivity index (χ1n) is 5.76. The number of aromatic nitrogens is 1. The third-order valence-electron chi connectivity index (χ3n) is 2.76. The van der Waals surface area contributed by atoms with Gasteiger partial charge in [-0.15, -0.1) is 0 Å². The maximum Gasteiger partial charge on any atom is 0.154 e. The van der Waals surface area contributed by atoms with Gasteiger partial charge >= 0.3 is 0 Å². The van der Waals surface area contributed by atoms with Crippen LogP contribution >= 0.6 is 23.2 Å². The molecule has 0 amide bonds. The molecule has 6 heteroatoms. The molecule has 0 atom stereocenters. The Bertz CT molecular complexity index is 672. The highest BCUT2D eigenvalue weighted by molar-refractivity contribution is 6.34. The van der Waals surface area contributed by atoms with Crippen molar-refractivity contribution in [3.05, 3.63) is 57.1 Å². The topological polar surface area (TPSA) is 48.7 Å².